The fourth-order valence-electron chi connectivity index (χ4n) is 2.96. The van der Waals surface area contributed by atoms with Crippen molar-refractivity contribution in [3.8, 4) is 27.9 Å². The number of aromatic nitrogens is 3. The van der Waals surface area contributed by atoms with Crippen LogP contribution in [0.1, 0.15) is 0 Å². The summed E-state index contributed by atoms with van der Waals surface area (Å²) in [7, 11) is 3.20. The van der Waals surface area contributed by atoms with E-state index in [1.165, 1.54) is 11.8 Å². The Balaban J connectivity index is 1.57. The number of para-hydroxylation sites is 2. The zero-order valence-electron chi connectivity index (χ0n) is 16.9. The van der Waals surface area contributed by atoms with Crippen LogP contribution in [0.2, 0.25) is 0 Å². The topological polar surface area (TPSA) is 78.3 Å². The van der Waals surface area contributed by atoms with Crippen LogP contribution in [0.3, 0.4) is 0 Å². The molecule has 9 heteroatoms. The Morgan fingerprint density at radius 3 is 2.55 bits per heavy atom. The molecular weight excluding hydrogens is 432 g/mol. The highest BCUT2D eigenvalue weighted by molar-refractivity contribution is 7.99. The van der Waals surface area contributed by atoms with Crippen molar-refractivity contribution >= 4 is 34.7 Å². The molecule has 0 saturated heterocycles. The molecule has 0 spiro atoms. The Labute approximate surface area is 188 Å². The monoisotopic (exact) mass is 452 g/mol. The van der Waals surface area contributed by atoms with Crippen molar-refractivity contribution in [3.05, 3.63) is 66.0 Å². The number of rotatable bonds is 8. The quantitative estimate of drug-likeness (QED) is 0.389. The van der Waals surface area contributed by atoms with E-state index in [-0.39, 0.29) is 11.7 Å². The minimum Gasteiger partial charge on any atom is -0.497 e. The molecule has 0 saturated carbocycles. The van der Waals surface area contributed by atoms with E-state index in [0.29, 0.717) is 16.6 Å². The number of benzene rings is 2. The predicted molar refractivity (Wildman–Crippen MR) is 124 cm³/mol. The number of methoxy groups -OCH3 is 2. The third-order valence-corrected chi connectivity index (χ3v) is 6.21. The Hall–Kier alpha value is -3.30. The average molecular weight is 453 g/mol. The van der Waals surface area contributed by atoms with E-state index < -0.39 is 0 Å². The lowest BCUT2D eigenvalue weighted by Crippen LogP contribution is -2.15. The maximum Gasteiger partial charge on any atom is 0.234 e. The number of nitrogens with one attached hydrogen (secondary N) is 1. The summed E-state index contributed by atoms with van der Waals surface area (Å²) in [5, 5.41) is 14.2. The van der Waals surface area contributed by atoms with Gasteiger partial charge in [-0.05, 0) is 47.8 Å². The summed E-state index contributed by atoms with van der Waals surface area (Å²) in [6.45, 7) is 0. The van der Waals surface area contributed by atoms with Gasteiger partial charge in [-0.3, -0.25) is 9.36 Å². The van der Waals surface area contributed by atoms with Gasteiger partial charge in [-0.1, -0.05) is 30.0 Å². The molecule has 0 bridgehead atoms. The average Bonchev–Trinajstić information content (AvgIpc) is 3.48. The molecule has 158 valence electrons. The molecule has 0 aliphatic heterocycles. The molecule has 0 unspecified atom stereocenters. The molecule has 7 nitrogen and oxygen atoms in total. The number of amides is 1. The molecule has 2 aromatic heterocycles. The number of thioether (sulfide) groups is 1. The van der Waals surface area contributed by atoms with Gasteiger partial charge in [-0.25, -0.2) is 0 Å². The van der Waals surface area contributed by atoms with E-state index in [1.807, 2.05) is 58.5 Å². The second-order valence-corrected chi connectivity index (χ2v) is 8.24. The first-order valence-corrected chi connectivity index (χ1v) is 11.3. The Bertz CT molecular complexity index is 1160. The number of hydrogen-bond donors (Lipinski definition) is 1. The highest BCUT2D eigenvalue weighted by Crippen LogP contribution is 2.31. The molecule has 4 rings (SSSR count). The van der Waals surface area contributed by atoms with Crippen molar-refractivity contribution in [1.29, 1.82) is 0 Å². The highest BCUT2D eigenvalue weighted by atomic mass is 32.2. The molecule has 2 aromatic carbocycles. The summed E-state index contributed by atoms with van der Waals surface area (Å²) in [6, 6.07) is 18.9. The van der Waals surface area contributed by atoms with Crippen LogP contribution in [0.15, 0.2) is 71.2 Å². The van der Waals surface area contributed by atoms with Crippen LogP contribution in [0.25, 0.3) is 16.4 Å². The number of hydrogen-bond acceptors (Lipinski definition) is 7. The highest BCUT2D eigenvalue weighted by Gasteiger charge is 2.18. The van der Waals surface area contributed by atoms with E-state index in [1.54, 1.807) is 37.7 Å². The minimum atomic E-state index is -0.156. The fraction of sp³-hybridized carbons (Fsp3) is 0.136. The van der Waals surface area contributed by atoms with E-state index >= 15 is 0 Å². The van der Waals surface area contributed by atoms with Crippen molar-refractivity contribution in [2.24, 2.45) is 0 Å². The Kier molecular flexibility index (Phi) is 6.54. The zero-order chi connectivity index (χ0) is 21.6. The number of ether oxygens (including phenoxy) is 2. The van der Waals surface area contributed by atoms with Crippen LogP contribution in [0.4, 0.5) is 5.69 Å². The second-order valence-electron chi connectivity index (χ2n) is 6.35. The summed E-state index contributed by atoms with van der Waals surface area (Å²) in [4.78, 5) is 13.6. The number of anilines is 1. The largest absolute Gasteiger partial charge is 0.497 e. The summed E-state index contributed by atoms with van der Waals surface area (Å²) in [6.07, 6.45) is 0. The van der Waals surface area contributed by atoms with Gasteiger partial charge in [0.2, 0.25) is 5.91 Å². The maximum absolute atomic E-state index is 12.6. The first kappa shape index (κ1) is 21.0. The van der Waals surface area contributed by atoms with E-state index in [0.717, 1.165) is 22.1 Å². The summed E-state index contributed by atoms with van der Waals surface area (Å²) in [5.41, 5.74) is 1.52. The van der Waals surface area contributed by atoms with Crippen molar-refractivity contribution < 1.29 is 14.3 Å². The Morgan fingerprint density at radius 2 is 1.84 bits per heavy atom. The first-order valence-electron chi connectivity index (χ1n) is 9.39. The molecule has 4 aromatic rings. The number of thiophene rings is 1. The van der Waals surface area contributed by atoms with Crippen LogP contribution in [-0.4, -0.2) is 40.6 Å². The maximum atomic E-state index is 12.6. The third-order valence-electron chi connectivity index (χ3n) is 4.42. The van der Waals surface area contributed by atoms with Gasteiger partial charge in [0.1, 0.15) is 11.5 Å². The van der Waals surface area contributed by atoms with Crippen LogP contribution >= 0.6 is 23.1 Å². The molecule has 0 fully saturated rings. The fourth-order valence-corrected chi connectivity index (χ4v) is 4.41. The number of carbonyl (C=O) groups excluding carboxylic acids is 1. The minimum absolute atomic E-state index is 0.156. The Morgan fingerprint density at radius 1 is 1.03 bits per heavy atom. The number of nitrogens with zero attached hydrogens (tertiary/aromatic N) is 3. The van der Waals surface area contributed by atoms with Gasteiger partial charge in [0.25, 0.3) is 0 Å². The van der Waals surface area contributed by atoms with Gasteiger partial charge in [0.05, 0.1) is 36.2 Å². The van der Waals surface area contributed by atoms with Crippen LogP contribution in [0, 0.1) is 0 Å². The van der Waals surface area contributed by atoms with E-state index in [4.69, 9.17) is 9.47 Å². The number of carbonyl (C=O) groups is 1. The molecule has 2 heterocycles. The molecular formula is C22H20N4O3S2. The zero-order valence-corrected chi connectivity index (χ0v) is 18.6. The van der Waals surface area contributed by atoms with Gasteiger partial charge in [-0.15, -0.1) is 21.5 Å². The molecule has 0 radical (unpaired) electrons. The first-order chi connectivity index (χ1) is 15.2. The van der Waals surface area contributed by atoms with Crippen molar-refractivity contribution in [2.75, 3.05) is 25.3 Å². The summed E-state index contributed by atoms with van der Waals surface area (Å²) in [5.74, 6) is 2.13. The van der Waals surface area contributed by atoms with E-state index in [9.17, 15) is 4.79 Å². The predicted octanol–water partition coefficient (Wildman–Crippen LogP) is 4.74. The summed E-state index contributed by atoms with van der Waals surface area (Å²) >= 11 is 2.91. The molecule has 0 aliphatic rings. The van der Waals surface area contributed by atoms with Gasteiger partial charge < -0.3 is 14.8 Å². The van der Waals surface area contributed by atoms with Gasteiger partial charge in [0.15, 0.2) is 11.0 Å². The molecule has 1 amide bonds. The van der Waals surface area contributed by atoms with Crippen LogP contribution in [0.5, 0.6) is 11.5 Å². The smallest absolute Gasteiger partial charge is 0.234 e. The molecule has 0 atom stereocenters. The lowest BCUT2D eigenvalue weighted by Gasteiger charge is -2.11. The SMILES string of the molecule is COc1ccc(-n2c(SCC(=O)Nc3ccccc3OC)nnc2-c2cccs2)cc1. The van der Waals surface area contributed by atoms with Gasteiger partial charge in [-0.2, -0.15) is 0 Å². The molecule has 31 heavy (non-hydrogen) atoms. The van der Waals surface area contributed by atoms with E-state index in [2.05, 4.69) is 15.5 Å². The summed E-state index contributed by atoms with van der Waals surface area (Å²) < 4.78 is 12.5. The van der Waals surface area contributed by atoms with Crippen molar-refractivity contribution in [1.82, 2.24) is 14.8 Å². The normalized spacial score (nSPS) is 10.6. The van der Waals surface area contributed by atoms with Crippen molar-refractivity contribution in [2.45, 2.75) is 5.16 Å². The van der Waals surface area contributed by atoms with Gasteiger partial charge >= 0.3 is 0 Å². The van der Waals surface area contributed by atoms with Gasteiger partial charge in [0, 0.05) is 0 Å². The standard InChI is InChI=1S/C22H20N4O3S2/c1-28-16-11-9-15(10-12-16)26-21(19-8-5-13-30-19)24-25-22(26)31-14-20(27)23-17-6-3-4-7-18(17)29-2/h3-13H,14H2,1-2H3,(H,23,27). The molecule has 0 aliphatic carbocycles. The third kappa shape index (κ3) is 4.73. The second kappa shape index (κ2) is 9.67. The lowest BCUT2D eigenvalue weighted by atomic mass is 10.3. The van der Waals surface area contributed by atoms with Crippen molar-refractivity contribution in [3.63, 3.8) is 0 Å². The lowest BCUT2D eigenvalue weighted by molar-refractivity contribution is -0.113. The van der Waals surface area contributed by atoms with Crippen LogP contribution < -0.4 is 14.8 Å². The van der Waals surface area contributed by atoms with Crippen LogP contribution in [-0.2, 0) is 4.79 Å². The molecule has 1 N–H and O–H groups in total.